The van der Waals surface area contributed by atoms with Gasteiger partial charge in [0.25, 0.3) is 5.91 Å². The molecule has 1 heterocycles. The fourth-order valence-electron chi connectivity index (χ4n) is 3.39. The Kier molecular flexibility index (Phi) is 3.25. The van der Waals surface area contributed by atoms with E-state index in [1.807, 2.05) is 0 Å². The van der Waals surface area contributed by atoms with Crippen LogP contribution in [0.4, 0.5) is 4.79 Å². The average Bonchev–Trinajstić information content (AvgIpc) is 3.21. The van der Waals surface area contributed by atoms with Gasteiger partial charge in [0.05, 0.1) is 6.67 Å². The molecule has 106 valence electrons. The van der Waals surface area contributed by atoms with Crippen LogP contribution in [0, 0.1) is 0 Å². The highest BCUT2D eigenvalue weighted by Crippen LogP contribution is 2.34. The summed E-state index contributed by atoms with van der Waals surface area (Å²) < 4.78 is 0. The number of hydrogen-bond acceptors (Lipinski definition) is 3. The van der Waals surface area contributed by atoms with E-state index in [2.05, 4.69) is 17.1 Å². The molecule has 1 aliphatic heterocycles. The molecule has 5 heteroatoms. The van der Waals surface area contributed by atoms with E-state index in [1.165, 1.54) is 24.2 Å². The molecule has 3 fully saturated rings. The lowest BCUT2D eigenvalue weighted by molar-refractivity contribution is -0.133. The van der Waals surface area contributed by atoms with Crippen LogP contribution in [0.25, 0.3) is 0 Å². The lowest BCUT2D eigenvalue weighted by Crippen LogP contribution is -2.49. The highest BCUT2D eigenvalue weighted by atomic mass is 16.2. The molecule has 0 aromatic rings. The number of nitrogens with one attached hydrogen (secondary N) is 1. The second-order valence-electron chi connectivity index (χ2n) is 6.08. The zero-order valence-electron chi connectivity index (χ0n) is 11.7. The molecule has 0 unspecified atom stereocenters. The van der Waals surface area contributed by atoms with E-state index < -0.39 is 5.54 Å². The summed E-state index contributed by atoms with van der Waals surface area (Å²) in [7, 11) is 0. The van der Waals surface area contributed by atoms with Crippen molar-refractivity contribution in [1.82, 2.24) is 15.1 Å². The molecule has 0 aromatic heterocycles. The largest absolute Gasteiger partial charge is 0.326 e. The SMILES string of the molecule is CCN(CN1C(=O)NC2(CCCCC2)C1=O)C1CC1. The minimum atomic E-state index is -0.571. The van der Waals surface area contributed by atoms with E-state index in [9.17, 15) is 9.59 Å². The first-order valence-electron chi connectivity index (χ1n) is 7.54. The second-order valence-corrected chi connectivity index (χ2v) is 6.08. The van der Waals surface area contributed by atoms with E-state index in [-0.39, 0.29) is 11.9 Å². The minimum Gasteiger partial charge on any atom is -0.323 e. The van der Waals surface area contributed by atoms with Gasteiger partial charge in [-0.15, -0.1) is 0 Å². The predicted molar refractivity (Wildman–Crippen MR) is 71.5 cm³/mol. The molecule has 0 radical (unpaired) electrons. The molecule has 1 saturated heterocycles. The number of carbonyl (C=O) groups excluding carboxylic acids is 2. The van der Waals surface area contributed by atoms with Gasteiger partial charge >= 0.3 is 6.03 Å². The van der Waals surface area contributed by atoms with E-state index >= 15 is 0 Å². The molecular formula is C14H23N3O2. The molecule has 2 aliphatic carbocycles. The monoisotopic (exact) mass is 265 g/mol. The van der Waals surface area contributed by atoms with E-state index in [1.54, 1.807) is 0 Å². The van der Waals surface area contributed by atoms with Gasteiger partial charge < -0.3 is 5.32 Å². The first-order valence-corrected chi connectivity index (χ1v) is 7.54. The minimum absolute atomic E-state index is 0.0105. The zero-order chi connectivity index (χ0) is 13.5. The molecule has 0 aromatic carbocycles. The van der Waals surface area contributed by atoms with Crippen LogP contribution in [-0.4, -0.2) is 46.5 Å². The number of rotatable bonds is 4. The smallest absolute Gasteiger partial charge is 0.323 e. The molecule has 0 atom stereocenters. The van der Waals surface area contributed by atoms with Crippen LogP contribution in [0.1, 0.15) is 51.9 Å². The van der Waals surface area contributed by atoms with Crippen LogP contribution < -0.4 is 5.32 Å². The van der Waals surface area contributed by atoms with Gasteiger partial charge in [0.1, 0.15) is 5.54 Å². The molecule has 3 rings (SSSR count). The number of nitrogens with zero attached hydrogens (tertiary/aromatic N) is 2. The summed E-state index contributed by atoms with van der Waals surface area (Å²) in [5.41, 5.74) is -0.571. The Morgan fingerprint density at radius 2 is 1.95 bits per heavy atom. The number of amides is 3. The lowest BCUT2D eigenvalue weighted by atomic mass is 9.82. The van der Waals surface area contributed by atoms with Crippen molar-refractivity contribution in [3.63, 3.8) is 0 Å². The summed E-state index contributed by atoms with van der Waals surface area (Å²) in [4.78, 5) is 28.4. The third kappa shape index (κ3) is 2.24. The first kappa shape index (κ1) is 12.9. The maximum atomic E-state index is 12.6. The third-order valence-corrected chi connectivity index (χ3v) is 4.75. The van der Waals surface area contributed by atoms with Crippen LogP contribution in [0.2, 0.25) is 0 Å². The summed E-state index contributed by atoms with van der Waals surface area (Å²) in [5, 5.41) is 2.97. The molecule has 1 N–H and O–H groups in total. The van der Waals surface area contributed by atoms with Crippen LogP contribution in [0.15, 0.2) is 0 Å². The lowest BCUT2D eigenvalue weighted by Gasteiger charge is -2.31. The van der Waals surface area contributed by atoms with Crippen LogP contribution in [0.3, 0.4) is 0 Å². The maximum absolute atomic E-state index is 12.6. The Morgan fingerprint density at radius 3 is 2.53 bits per heavy atom. The first-order chi connectivity index (χ1) is 9.16. The van der Waals surface area contributed by atoms with Crippen molar-refractivity contribution in [3.8, 4) is 0 Å². The fraction of sp³-hybridized carbons (Fsp3) is 0.857. The normalized spacial score (nSPS) is 26.3. The van der Waals surface area contributed by atoms with Crippen molar-refractivity contribution >= 4 is 11.9 Å². The van der Waals surface area contributed by atoms with E-state index in [4.69, 9.17) is 0 Å². The number of carbonyl (C=O) groups is 2. The Bertz CT molecular complexity index is 386. The highest BCUT2D eigenvalue weighted by Gasteiger charge is 2.51. The van der Waals surface area contributed by atoms with Gasteiger partial charge in [0, 0.05) is 6.04 Å². The standard InChI is InChI=1S/C14H23N3O2/c1-2-16(11-6-7-11)10-17-12(18)14(15-13(17)19)8-4-3-5-9-14/h11H,2-10H2,1H3,(H,15,19). The topological polar surface area (TPSA) is 52.6 Å². The number of hydrogen-bond donors (Lipinski definition) is 1. The van der Waals surface area contributed by atoms with Crippen molar-refractivity contribution in [1.29, 1.82) is 0 Å². The van der Waals surface area contributed by atoms with Crippen LogP contribution in [-0.2, 0) is 4.79 Å². The van der Waals surface area contributed by atoms with Gasteiger partial charge in [-0.1, -0.05) is 26.2 Å². The highest BCUT2D eigenvalue weighted by molar-refractivity contribution is 6.07. The molecule has 1 spiro atoms. The summed E-state index contributed by atoms with van der Waals surface area (Å²) in [6, 6.07) is 0.388. The van der Waals surface area contributed by atoms with Gasteiger partial charge in [0.15, 0.2) is 0 Å². The van der Waals surface area contributed by atoms with Gasteiger partial charge in [-0.3, -0.25) is 9.69 Å². The zero-order valence-corrected chi connectivity index (χ0v) is 11.7. The van der Waals surface area contributed by atoms with Crippen molar-refractivity contribution < 1.29 is 9.59 Å². The van der Waals surface area contributed by atoms with Crippen LogP contribution >= 0.6 is 0 Å². The summed E-state index contributed by atoms with van der Waals surface area (Å²) in [6.07, 6.45) is 7.27. The Hall–Kier alpha value is -1.10. The molecule has 0 bridgehead atoms. The third-order valence-electron chi connectivity index (χ3n) is 4.75. The van der Waals surface area contributed by atoms with Gasteiger partial charge in [-0.25, -0.2) is 9.69 Å². The Labute approximate surface area is 114 Å². The predicted octanol–water partition coefficient (Wildman–Crippen LogP) is 1.68. The van der Waals surface area contributed by atoms with E-state index in [0.717, 1.165) is 32.2 Å². The second kappa shape index (κ2) is 4.78. The van der Waals surface area contributed by atoms with Crippen LogP contribution in [0.5, 0.6) is 0 Å². The Balaban J connectivity index is 1.71. The van der Waals surface area contributed by atoms with Crippen molar-refractivity contribution in [2.45, 2.75) is 63.5 Å². The molecule has 19 heavy (non-hydrogen) atoms. The Morgan fingerprint density at radius 1 is 1.26 bits per heavy atom. The summed E-state index contributed by atoms with van der Waals surface area (Å²) in [6.45, 7) is 3.45. The van der Waals surface area contributed by atoms with Crippen molar-refractivity contribution in [2.24, 2.45) is 0 Å². The molecule has 5 nitrogen and oxygen atoms in total. The quantitative estimate of drug-likeness (QED) is 0.787. The molecule has 3 amide bonds. The molecule has 2 saturated carbocycles. The van der Waals surface area contributed by atoms with Crippen molar-refractivity contribution in [2.75, 3.05) is 13.2 Å². The molecular weight excluding hydrogens is 242 g/mol. The number of imide groups is 1. The van der Waals surface area contributed by atoms with Gasteiger partial charge in [0.2, 0.25) is 0 Å². The van der Waals surface area contributed by atoms with Gasteiger partial charge in [-0.05, 0) is 32.2 Å². The van der Waals surface area contributed by atoms with Gasteiger partial charge in [-0.2, -0.15) is 0 Å². The average molecular weight is 265 g/mol. The molecule has 3 aliphatic rings. The summed E-state index contributed by atoms with van der Waals surface area (Å²) in [5.74, 6) is 0.0105. The number of urea groups is 1. The van der Waals surface area contributed by atoms with E-state index in [0.29, 0.717) is 12.7 Å². The fourth-order valence-corrected chi connectivity index (χ4v) is 3.39. The van der Waals surface area contributed by atoms with Crippen molar-refractivity contribution in [3.05, 3.63) is 0 Å². The maximum Gasteiger partial charge on any atom is 0.326 e. The summed E-state index contributed by atoms with van der Waals surface area (Å²) >= 11 is 0.